The summed E-state index contributed by atoms with van der Waals surface area (Å²) in [4.78, 5) is 24.4. The predicted molar refractivity (Wildman–Crippen MR) is 203 cm³/mol. The van der Waals surface area contributed by atoms with Gasteiger partial charge >= 0.3 is 0 Å². The predicted octanol–water partition coefficient (Wildman–Crippen LogP) is 11.0. The van der Waals surface area contributed by atoms with Crippen LogP contribution >= 0.6 is 0 Å². The Morgan fingerprint density at radius 2 is 0.660 bits per heavy atom. The molecule has 3 aromatic heterocycles. The first kappa shape index (κ1) is 29.3. The fraction of sp³-hybridized carbons (Fsp3) is 0. The maximum Gasteiger partial charge on any atom is 0.164 e. The van der Waals surface area contributed by atoms with E-state index in [2.05, 4.69) is 132 Å². The van der Waals surface area contributed by atoms with Gasteiger partial charge in [0, 0.05) is 39.2 Å². The van der Waals surface area contributed by atoms with Crippen LogP contribution in [0.4, 0.5) is 0 Å². The number of hydrogen-bond donors (Lipinski definition) is 0. The molecule has 0 aliphatic rings. The molecule has 5 nitrogen and oxygen atoms in total. The smallest absolute Gasteiger partial charge is 0.164 e. The Morgan fingerprint density at radius 3 is 1.20 bits per heavy atom. The van der Waals surface area contributed by atoms with Crippen LogP contribution in [0.1, 0.15) is 0 Å². The average molecular weight is 640 g/mol. The van der Waals surface area contributed by atoms with Crippen LogP contribution in [-0.2, 0) is 0 Å². The second-order valence-corrected chi connectivity index (χ2v) is 12.2. The van der Waals surface area contributed by atoms with Gasteiger partial charge in [0.2, 0.25) is 0 Å². The zero-order valence-corrected chi connectivity index (χ0v) is 27.0. The SMILES string of the molecule is c1ccc(-c2ccc(-c3nc(-c4ccccc4)nc(-c4ccc(-c5ccc(-c6ccc7ccc8cccnc8c7n6)cc5)cc4)n3)cc2)cc1. The lowest BCUT2D eigenvalue weighted by atomic mass is 10.0. The van der Waals surface area contributed by atoms with Crippen molar-refractivity contribution in [1.82, 2.24) is 24.9 Å². The van der Waals surface area contributed by atoms with Crippen molar-refractivity contribution in [2.75, 3.05) is 0 Å². The third kappa shape index (κ3) is 5.67. The minimum atomic E-state index is 0.632. The van der Waals surface area contributed by atoms with Gasteiger partial charge in [-0.05, 0) is 34.4 Å². The van der Waals surface area contributed by atoms with Gasteiger partial charge in [-0.2, -0.15) is 0 Å². The summed E-state index contributed by atoms with van der Waals surface area (Å²) in [6, 6.07) is 58.2. The Balaban J connectivity index is 1.02. The van der Waals surface area contributed by atoms with Crippen LogP contribution in [0.15, 0.2) is 176 Å². The summed E-state index contributed by atoms with van der Waals surface area (Å²) in [6.45, 7) is 0. The quantitative estimate of drug-likeness (QED) is 0.169. The molecule has 0 spiro atoms. The Morgan fingerprint density at radius 1 is 0.260 bits per heavy atom. The second-order valence-electron chi connectivity index (χ2n) is 12.2. The topological polar surface area (TPSA) is 64.5 Å². The van der Waals surface area contributed by atoms with Crippen molar-refractivity contribution in [2.45, 2.75) is 0 Å². The van der Waals surface area contributed by atoms with Crippen LogP contribution in [0.2, 0.25) is 0 Å². The average Bonchev–Trinajstić information content (AvgIpc) is 3.21. The van der Waals surface area contributed by atoms with E-state index < -0.39 is 0 Å². The van der Waals surface area contributed by atoms with E-state index in [4.69, 9.17) is 19.9 Å². The molecule has 5 heteroatoms. The molecule has 9 aromatic rings. The fourth-order valence-corrected chi connectivity index (χ4v) is 6.32. The third-order valence-corrected chi connectivity index (χ3v) is 9.01. The molecule has 0 aliphatic carbocycles. The summed E-state index contributed by atoms with van der Waals surface area (Å²) in [5.74, 6) is 1.91. The maximum atomic E-state index is 5.02. The number of rotatable bonds is 6. The maximum absolute atomic E-state index is 5.02. The molecular weight excluding hydrogens is 611 g/mol. The molecule has 0 saturated carbocycles. The molecule has 0 N–H and O–H groups in total. The summed E-state index contributed by atoms with van der Waals surface area (Å²) >= 11 is 0. The highest BCUT2D eigenvalue weighted by molar-refractivity contribution is 6.03. The van der Waals surface area contributed by atoms with E-state index >= 15 is 0 Å². The van der Waals surface area contributed by atoms with E-state index in [1.807, 2.05) is 48.7 Å². The van der Waals surface area contributed by atoms with Gasteiger partial charge in [0.05, 0.1) is 16.7 Å². The highest BCUT2D eigenvalue weighted by Gasteiger charge is 2.13. The highest BCUT2D eigenvalue weighted by atomic mass is 15.0. The Kier molecular flexibility index (Phi) is 7.41. The van der Waals surface area contributed by atoms with Gasteiger partial charge in [-0.25, -0.2) is 19.9 Å². The molecule has 0 fully saturated rings. The minimum absolute atomic E-state index is 0.632. The van der Waals surface area contributed by atoms with Crippen molar-refractivity contribution >= 4 is 21.8 Å². The summed E-state index contributed by atoms with van der Waals surface area (Å²) in [7, 11) is 0. The van der Waals surface area contributed by atoms with E-state index in [1.165, 1.54) is 5.56 Å². The summed E-state index contributed by atoms with van der Waals surface area (Å²) in [5.41, 5.74) is 11.2. The molecule has 3 heterocycles. The van der Waals surface area contributed by atoms with E-state index in [-0.39, 0.29) is 0 Å². The van der Waals surface area contributed by atoms with Crippen molar-refractivity contribution in [3.63, 3.8) is 0 Å². The van der Waals surface area contributed by atoms with Crippen LogP contribution in [0.3, 0.4) is 0 Å². The van der Waals surface area contributed by atoms with Gasteiger partial charge in [-0.15, -0.1) is 0 Å². The Labute approximate surface area is 289 Å². The largest absolute Gasteiger partial charge is 0.254 e. The molecular formula is C45H29N5. The molecule has 0 bridgehead atoms. The van der Waals surface area contributed by atoms with E-state index in [0.717, 1.165) is 66.4 Å². The Bertz CT molecular complexity index is 2600. The molecule has 50 heavy (non-hydrogen) atoms. The molecule has 0 atom stereocenters. The minimum Gasteiger partial charge on any atom is -0.254 e. The molecule has 0 radical (unpaired) electrons. The zero-order chi connectivity index (χ0) is 33.3. The van der Waals surface area contributed by atoms with Gasteiger partial charge in [0.15, 0.2) is 17.5 Å². The van der Waals surface area contributed by atoms with Crippen LogP contribution in [-0.4, -0.2) is 24.9 Å². The first-order valence-corrected chi connectivity index (χ1v) is 16.6. The van der Waals surface area contributed by atoms with Crippen molar-refractivity contribution < 1.29 is 0 Å². The highest BCUT2D eigenvalue weighted by Crippen LogP contribution is 2.31. The Hall–Kier alpha value is -6.85. The standard InChI is InChI=1S/C45H29N5/c1-3-8-30(9-4-1)31-15-23-38(24-16-31)44-48-43(37-10-5-2-6-11-37)49-45(50-44)39-25-17-33(18-26-39)32-13-19-34(20-14-32)40-28-27-36-22-21-35-12-7-29-46-41(35)42(36)47-40/h1-29H. The van der Waals surface area contributed by atoms with Gasteiger partial charge in [0.25, 0.3) is 0 Å². The lowest BCUT2D eigenvalue weighted by Crippen LogP contribution is -2.00. The van der Waals surface area contributed by atoms with Crippen LogP contribution < -0.4 is 0 Å². The zero-order valence-electron chi connectivity index (χ0n) is 27.0. The monoisotopic (exact) mass is 639 g/mol. The summed E-state index contributed by atoms with van der Waals surface area (Å²) in [6.07, 6.45) is 1.82. The van der Waals surface area contributed by atoms with Crippen molar-refractivity contribution in [3.05, 3.63) is 176 Å². The number of hydrogen-bond acceptors (Lipinski definition) is 5. The summed E-state index contributed by atoms with van der Waals surface area (Å²) in [5, 5.41) is 2.17. The van der Waals surface area contributed by atoms with Crippen molar-refractivity contribution in [2.24, 2.45) is 0 Å². The van der Waals surface area contributed by atoms with Crippen LogP contribution in [0.25, 0.3) is 89.5 Å². The molecule has 0 unspecified atom stereocenters. The van der Waals surface area contributed by atoms with Crippen LogP contribution in [0, 0.1) is 0 Å². The van der Waals surface area contributed by atoms with Crippen molar-refractivity contribution in [1.29, 1.82) is 0 Å². The number of fused-ring (bicyclic) bond motifs is 3. The molecule has 0 saturated heterocycles. The molecule has 234 valence electrons. The van der Waals surface area contributed by atoms with E-state index in [0.29, 0.717) is 17.5 Å². The fourth-order valence-electron chi connectivity index (χ4n) is 6.32. The number of nitrogens with zero attached hydrogens (tertiary/aromatic N) is 5. The normalized spacial score (nSPS) is 11.2. The lowest BCUT2D eigenvalue weighted by molar-refractivity contribution is 1.07. The third-order valence-electron chi connectivity index (χ3n) is 9.01. The van der Waals surface area contributed by atoms with Gasteiger partial charge in [-0.1, -0.05) is 158 Å². The number of aromatic nitrogens is 5. The molecule has 0 aliphatic heterocycles. The first-order valence-electron chi connectivity index (χ1n) is 16.6. The first-order chi connectivity index (χ1) is 24.7. The molecule has 6 aromatic carbocycles. The van der Waals surface area contributed by atoms with Crippen LogP contribution in [0.5, 0.6) is 0 Å². The number of pyridine rings is 2. The van der Waals surface area contributed by atoms with E-state index in [1.54, 1.807) is 0 Å². The number of benzene rings is 6. The molecule has 9 rings (SSSR count). The summed E-state index contributed by atoms with van der Waals surface area (Å²) < 4.78 is 0. The van der Waals surface area contributed by atoms with Crippen molar-refractivity contribution in [3.8, 4) is 67.7 Å². The van der Waals surface area contributed by atoms with E-state index in [9.17, 15) is 0 Å². The second kappa shape index (κ2) is 12.6. The molecule has 0 amide bonds. The van der Waals surface area contributed by atoms with Gasteiger partial charge < -0.3 is 0 Å². The van der Waals surface area contributed by atoms with Gasteiger partial charge in [0.1, 0.15) is 0 Å². The van der Waals surface area contributed by atoms with Gasteiger partial charge in [-0.3, -0.25) is 4.98 Å². The lowest BCUT2D eigenvalue weighted by Gasteiger charge is -2.10.